The Morgan fingerprint density at radius 2 is 1.56 bits per heavy atom. The SMILES string of the molecule is O=NC(=O)C(CCc1ccccc1)CC(=O)c1ccc(-c2ccc(NC(=O)Nc3ccccc3Cl)cn2)cc1. The summed E-state index contributed by atoms with van der Waals surface area (Å²) in [5, 5.41) is 8.37. The van der Waals surface area contributed by atoms with Crippen molar-refractivity contribution in [2.45, 2.75) is 19.3 Å². The zero-order valence-electron chi connectivity index (χ0n) is 20.8. The first kappa shape index (κ1) is 27.3. The minimum Gasteiger partial charge on any atom is -0.306 e. The molecular weight excluding hydrogens is 516 g/mol. The highest BCUT2D eigenvalue weighted by molar-refractivity contribution is 6.33. The lowest BCUT2D eigenvalue weighted by Gasteiger charge is -2.12. The Morgan fingerprint density at radius 1 is 0.846 bits per heavy atom. The van der Waals surface area contributed by atoms with Gasteiger partial charge < -0.3 is 10.6 Å². The van der Waals surface area contributed by atoms with Crippen molar-refractivity contribution >= 4 is 40.7 Å². The highest BCUT2D eigenvalue weighted by atomic mass is 35.5. The van der Waals surface area contributed by atoms with E-state index in [1.54, 1.807) is 60.7 Å². The standard InChI is InChI=1S/C30H25ClN4O4/c31-25-8-4-5-9-27(25)34-30(38)33-24-16-17-26(32-19-24)21-12-14-22(15-13-21)28(36)18-23(29(37)35-39)11-10-20-6-2-1-3-7-20/h1-9,12-17,19,23H,10-11,18H2,(H2,33,34,38). The first-order valence-corrected chi connectivity index (χ1v) is 12.6. The smallest absolute Gasteiger partial charge is 0.306 e. The van der Waals surface area contributed by atoms with Crippen LogP contribution in [0.1, 0.15) is 28.8 Å². The number of Topliss-reactive ketones (excluding diaryl/α,β-unsaturated/α-hetero) is 1. The van der Waals surface area contributed by atoms with Gasteiger partial charge in [0.15, 0.2) is 5.78 Å². The van der Waals surface area contributed by atoms with Crippen LogP contribution >= 0.6 is 11.6 Å². The van der Waals surface area contributed by atoms with Crippen LogP contribution in [-0.4, -0.2) is 22.7 Å². The minimum atomic E-state index is -0.811. The normalized spacial score (nSPS) is 11.3. The van der Waals surface area contributed by atoms with Gasteiger partial charge in [-0.05, 0) is 42.7 Å². The number of ketones is 1. The number of nitrogens with one attached hydrogen (secondary N) is 2. The number of pyridine rings is 1. The second-order valence-corrected chi connectivity index (χ2v) is 9.25. The molecule has 3 aromatic carbocycles. The van der Waals surface area contributed by atoms with E-state index in [-0.39, 0.29) is 12.2 Å². The number of carbonyl (C=O) groups is 3. The summed E-state index contributed by atoms with van der Waals surface area (Å²) < 4.78 is 0. The molecule has 0 aliphatic carbocycles. The van der Waals surface area contributed by atoms with E-state index in [1.807, 2.05) is 30.3 Å². The van der Waals surface area contributed by atoms with E-state index in [1.165, 1.54) is 6.20 Å². The van der Waals surface area contributed by atoms with Crippen LogP contribution in [0, 0.1) is 10.8 Å². The molecule has 2 N–H and O–H groups in total. The van der Waals surface area contributed by atoms with Crippen molar-refractivity contribution in [3.8, 4) is 11.3 Å². The molecule has 0 saturated carbocycles. The monoisotopic (exact) mass is 540 g/mol. The number of benzene rings is 3. The molecular formula is C30H25ClN4O4. The van der Waals surface area contributed by atoms with Crippen LogP contribution in [0.2, 0.25) is 5.02 Å². The number of anilines is 2. The molecule has 4 aromatic rings. The third-order valence-electron chi connectivity index (χ3n) is 6.14. The molecule has 0 aliphatic rings. The molecule has 0 aliphatic heterocycles. The van der Waals surface area contributed by atoms with Crippen LogP contribution in [0.5, 0.6) is 0 Å². The van der Waals surface area contributed by atoms with Gasteiger partial charge in [-0.1, -0.05) is 78.3 Å². The lowest BCUT2D eigenvalue weighted by Crippen LogP contribution is -2.19. The molecule has 9 heteroatoms. The number of para-hydroxylation sites is 1. The van der Waals surface area contributed by atoms with E-state index >= 15 is 0 Å². The molecule has 1 heterocycles. The summed E-state index contributed by atoms with van der Waals surface area (Å²) in [7, 11) is 0. The van der Waals surface area contributed by atoms with Crippen molar-refractivity contribution in [3.05, 3.63) is 118 Å². The van der Waals surface area contributed by atoms with Crippen LogP contribution < -0.4 is 10.6 Å². The number of nitroso groups, excluding NO2 is 1. The number of aromatic nitrogens is 1. The number of hydrogen-bond donors (Lipinski definition) is 2. The number of carbonyl (C=O) groups excluding carboxylic acids is 3. The number of hydrogen-bond acceptors (Lipinski definition) is 5. The molecule has 4 rings (SSSR count). The van der Waals surface area contributed by atoms with Crippen LogP contribution in [0.3, 0.4) is 0 Å². The van der Waals surface area contributed by atoms with Gasteiger partial charge in [0.1, 0.15) is 0 Å². The first-order valence-electron chi connectivity index (χ1n) is 12.3. The fourth-order valence-electron chi connectivity index (χ4n) is 4.03. The maximum atomic E-state index is 12.9. The van der Waals surface area contributed by atoms with Crippen molar-refractivity contribution in [1.29, 1.82) is 0 Å². The second kappa shape index (κ2) is 13.2. The van der Waals surface area contributed by atoms with Gasteiger partial charge in [0, 0.05) is 22.7 Å². The number of urea groups is 1. The molecule has 0 bridgehead atoms. The van der Waals surface area contributed by atoms with E-state index in [9.17, 15) is 19.3 Å². The molecule has 0 radical (unpaired) electrons. The number of nitrogens with zero attached hydrogens (tertiary/aromatic N) is 2. The third kappa shape index (κ3) is 7.66. The zero-order chi connectivity index (χ0) is 27.6. The van der Waals surface area contributed by atoms with E-state index in [2.05, 4.69) is 20.8 Å². The zero-order valence-corrected chi connectivity index (χ0v) is 21.6. The van der Waals surface area contributed by atoms with Crippen molar-refractivity contribution < 1.29 is 14.4 Å². The number of halogens is 1. The molecule has 0 spiro atoms. The van der Waals surface area contributed by atoms with E-state index in [0.29, 0.717) is 40.5 Å². The van der Waals surface area contributed by atoms with Crippen molar-refractivity contribution in [3.63, 3.8) is 0 Å². The fourth-order valence-corrected chi connectivity index (χ4v) is 4.21. The molecule has 1 unspecified atom stereocenters. The summed E-state index contributed by atoms with van der Waals surface area (Å²) in [6.45, 7) is 0. The van der Waals surface area contributed by atoms with Crippen molar-refractivity contribution in [1.82, 2.24) is 4.98 Å². The molecule has 0 saturated heterocycles. The van der Waals surface area contributed by atoms with Gasteiger partial charge in [0.2, 0.25) is 0 Å². The average molecular weight is 541 g/mol. The second-order valence-electron chi connectivity index (χ2n) is 8.85. The fraction of sp³-hybridized carbons (Fsp3) is 0.133. The maximum Gasteiger partial charge on any atom is 0.323 e. The van der Waals surface area contributed by atoms with Gasteiger partial charge in [-0.25, -0.2) is 4.79 Å². The van der Waals surface area contributed by atoms with Gasteiger partial charge in [-0.3, -0.25) is 14.6 Å². The van der Waals surface area contributed by atoms with Crippen molar-refractivity contribution in [2.75, 3.05) is 10.6 Å². The molecule has 196 valence electrons. The largest absolute Gasteiger partial charge is 0.323 e. The lowest BCUT2D eigenvalue weighted by atomic mass is 9.91. The van der Waals surface area contributed by atoms with Crippen LogP contribution in [0.15, 0.2) is 102 Å². The van der Waals surface area contributed by atoms with E-state index in [4.69, 9.17) is 11.6 Å². The summed E-state index contributed by atoms with van der Waals surface area (Å²) in [5.41, 5.74) is 3.84. The third-order valence-corrected chi connectivity index (χ3v) is 6.47. The summed E-state index contributed by atoms with van der Waals surface area (Å²) in [6, 6.07) is 26.3. The molecule has 1 atom stereocenters. The van der Waals surface area contributed by atoms with Gasteiger partial charge in [-0.15, -0.1) is 4.91 Å². The molecule has 39 heavy (non-hydrogen) atoms. The Balaban J connectivity index is 1.35. The number of aryl methyl sites for hydroxylation is 1. The minimum absolute atomic E-state index is 0.0916. The lowest BCUT2D eigenvalue weighted by molar-refractivity contribution is -0.121. The summed E-state index contributed by atoms with van der Waals surface area (Å²) in [6.07, 6.45) is 2.36. The molecule has 0 fully saturated rings. The highest BCUT2D eigenvalue weighted by Gasteiger charge is 2.23. The van der Waals surface area contributed by atoms with Crippen molar-refractivity contribution in [2.24, 2.45) is 11.1 Å². The Hall–Kier alpha value is -4.69. The summed E-state index contributed by atoms with van der Waals surface area (Å²) >= 11 is 6.07. The Bertz CT molecular complexity index is 1460. The number of amides is 3. The topological polar surface area (TPSA) is 118 Å². The van der Waals surface area contributed by atoms with E-state index < -0.39 is 17.9 Å². The maximum absolute atomic E-state index is 12.9. The first-order chi connectivity index (χ1) is 18.9. The summed E-state index contributed by atoms with van der Waals surface area (Å²) in [4.78, 5) is 52.5. The van der Waals surface area contributed by atoms with Crippen LogP contribution in [0.25, 0.3) is 11.3 Å². The summed E-state index contributed by atoms with van der Waals surface area (Å²) in [5.74, 6) is -1.82. The Morgan fingerprint density at radius 3 is 2.23 bits per heavy atom. The number of rotatable bonds is 10. The predicted octanol–water partition coefficient (Wildman–Crippen LogP) is 7.16. The Kier molecular flexibility index (Phi) is 9.26. The van der Waals surface area contributed by atoms with Gasteiger partial charge >= 0.3 is 6.03 Å². The predicted molar refractivity (Wildman–Crippen MR) is 152 cm³/mol. The highest BCUT2D eigenvalue weighted by Crippen LogP contribution is 2.23. The quantitative estimate of drug-likeness (QED) is 0.163. The van der Waals surface area contributed by atoms with E-state index in [0.717, 1.165) is 11.1 Å². The van der Waals surface area contributed by atoms with Crippen LogP contribution in [-0.2, 0) is 11.2 Å². The Labute approximate surface area is 230 Å². The molecule has 8 nitrogen and oxygen atoms in total. The molecule has 3 amide bonds. The molecule has 1 aromatic heterocycles. The average Bonchev–Trinajstić information content (AvgIpc) is 2.97. The van der Waals surface area contributed by atoms with Crippen LogP contribution in [0.4, 0.5) is 16.2 Å². The van der Waals surface area contributed by atoms with Gasteiger partial charge in [0.05, 0.1) is 34.2 Å². The van der Waals surface area contributed by atoms with Gasteiger partial charge in [-0.2, -0.15) is 0 Å². The van der Waals surface area contributed by atoms with Gasteiger partial charge in [0.25, 0.3) is 5.91 Å².